The van der Waals surface area contributed by atoms with Crippen molar-refractivity contribution in [3.05, 3.63) is 34.9 Å². The second kappa shape index (κ2) is 8.65. The third-order valence-electron chi connectivity index (χ3n) is 4.90. The minimum atomic E-state index is -3.47. The molecule has 1 aromatic rings. The van der Waals surface area contributed by atoms with Crippen LogP contribution in [-0.2, 0) is 22.0 Å². The number of benzene rings is 1. The van der Waals surface area contributed by atoms with Crippen molar-refractivity contribution in [3.8, 4) is 0 Å². The van der Waals surface area contributed by atoms with Gasteiger partial charge in [0.15, 0.2) is 0 Å². The molecule has 2 N–H and O–H groups in total. The monoisotopic (exact) mass is 372 g/mol. The first-order valence-electron chi connectivity index (χ1n) is 8.87. The predicted molar refractivity (Wildman–Crippen MR) is 101 cm³/mol. The lowest BCUT2D eigenvalue weighted by Crippen LogP contribution is -2.39. The molecule has 1 aromatic carbocycles. The van der Waals surface area contributed by atoms with Gasteiger partial charge in [-0.25, -0.2) is 8.42 Å². The van der Waals surface area contributed by atoms with Crippen molar-refractivity contribution in [1.29, 1.82) is 0 Å². The Hall–Kier alpha value is -0.620. The van der Waals surface area contributed by atoms with Crippen LogP contribution in [0.3, 0.4) is 0 Å². The summed E-state index contributed by atoms with van der Waals surface area (Å²) in [5, 5.41) is 0. The number of hydrogen-bond donors (Lipinski definition) is 1. The van der Waals surface area contributed by atoms with Crippen LogP contribution < -0.4 is 5.73 Å². The second-order valence-corrected chi connectivity index (χ2v) is 9.58. The zero-order valence-electron chi connectivity index (χ0n) is 14.7. The fraction of sp³-hybridized carbons (Fsp3) is 0.667. The molecule has 1 aliphatic carbocycles. The smallest absolute Gasteiger partial charge is 0.232 e. The number of nitrogens with two attached hydrogens (primary N) is 1. The van der Waals surface area contributed by atoms with E-state index in [1.807, 2.05) is 0 Å². The van der Waals surface area contributed by atoms with Gasteiger partial charge in [0, 0.05) is 29.2 Å². The van der Waals surface area contributed by atoms with E-state index in [-0.39, 0.29) is 11.7 Å². The predicted octanol–water partition coefficient (Wildman–Crippen LogP) is 3.23. The van der Waals surface area contributed by atoms with E-state index in [1.54, 1.807) is 0 Å². The number of rotatable bonds is 9. The summed E-state index contributed by atoms with van der Waals surface area (Å²) in [6, 6.07) is 6.74. The lowest BCUT2D eigenvalue weighted by Gasteiger charge is -2.33. The maximum atomic E-state index is 11.5. The Morgan fingerprint density at radius 2 is 1.92 bits per heavy atom. The van der Waals surface area contributed by atoms with Gasteiger partial charge in [0.1, 0.15) is 0 Å². The van der Waals surface area contributed by atoms with Crippen LogP contribution in [-0.4, -0.2) is 38.2 Å². The van der Waals surface area contributed by atoms with Gasteiger partial charge >= 0.3 is 0 Å². The molecule has 0 aromatic heterocycles. The van der Waals surface area contributed by atoms with Crippen LogP contribution in [0.2, 0.25) is 0 Å². The molecule has 0 bridgehead atoms. The van der Waals surface area contributed by atoms with E-state index in [0.29, 0.717) is 19.0 Å². The minimum absolute atomic E-state index is 0.0277. The van der Waals surface area contributed by atoms with Crippen molar-refractivity contribution in [2.75, 3.05) is 18.8 Å². The van der Waals surface area contributed by atoms with Crippen LogP contribution in [0.15, 0.2) is 18.2 Å². The molecule has 0 fully saturated rings. The molecule has 6 heteroatoms. The fourth-order valence-electron chi connectivity index (χ4n) is 3.92. The van der Waals surface area contributed by atoms with Crippen LogP contribution >= 0.6 is 10.7 Å². The molecule has 2 atom stereocenters. The molecule has 24 heavy (non-hydrogen) atoms. The molecule has 0 saturated carbocycles. The zero-order chi connectivity index (χ0) is 17.7. The lowest BCUT2D eigenvalue weighted by atomic mass is 9.93. The second-order valence-electron chi connectivity index (χ2n) is 6.68. The Labute approximate surface area is 150 Å². The first kappa shape index (κ1) is 19.7. The topological polar surface area (TPSA) is 63.4 Å². The molecule has 0 amide bonds. The van der Waals surface area contributed by atoms with Crippen molar-refractivity contribution >= 4 is 19.7 Å². The summed E-state index contributed by atoms with van der Waals surface area (Å²) < 4.78 is 22.9. The summed E-state index contributed by atoms with van der Waals surface area (Å²) in [4.78, 5) is 2.52. The standard InChI is InChI=1S/C18H29ClN2O2S/c1-3-8-21(9-4-2)18-12-15-11-14(13-20)5-6-16(15)17(18)7-10-24(19,22)23/h5-6,11,17-18H,3-4,7-10,12-13,20H2,1-2H3/t17-,18-/m1/s1. The number of hydrogen-bond acceptors (Lipinski definition) is 4. The Balaban J connectivity index is 2.30. The van der Waals surface area contributed by atoms with Crippen LogP contribution in [0.5, 0.6) is 0 Å². The maximum Gasteiger partial charge on any atom is 0.232 e. The molecule has 136 valence electrons. The van der Waals surface area contributed by atoms with Crippen molar-refractivity contribution in [1.82, 2.24) is 4.90 Å². The van der Waals surface area contributed by atoms with E-state index >= 15 is 0 Å². The van der Waals surface area contributed by atoms with Gasteiger partial charge in [-0.05, 0) is 55.5 Å². The summed E-state index contributed by atoms with van der Waals surface area (Å²) in [6.07, 6.45) is 3.74. The van der Waals surface area contributed by atoms with Crippen molar-refractivity contribution < 1.29 is 8.42 Å². The average molecular weight is 373 g/mol. The highest BCUT2D eigenvalue weighted by Gasteiger charge is 2.36. The Morgan fingerprint density at radius 1 is 1.25 bits per heavy atom. The summed E-state index contributed by atoms with van der Waals surface area (Å²) in [6.45, 7) is 7.00. The maximum absolute atomic E-state index is 11.5. The Kier molecular flexibility index (Phi) is 7.10. The fourth-order valence-corrected chi connectivity index (χ4v) is 4.72. The van der Waals surface area contributed by atoms with Crippen molar-refractivity contribution in [2.24, 2.45) is 5.73 Å². The molecule has 0 spiro atoms. The van der Waals surface area contributed by atoms with Crippen LogP contribution in [0.1, 0.15) is 55.7 Å². The van der Waals surface area contributed by atoms with Gasteiger partial charge in [-0.15, -0.1) is 0 Å². The van der Waals surface area contributed by atoms with Gasteiger partial charge in [0.2, 0.25) is 9.05 Å². The first-order chi connectivity index (χ1) is 11.4. The quantitative estimate of drug-likeness (QED) is 0.676. The molecule has 0 saturated heterocycles. The van der Waals surface area contributed by atoms with Crippen LogP contribution in [0.25, 0.3) is 0 Å². The van der Waals surface area contributed by atoms with E-state index in [4.69, 9.17) is 16.4 Å². The molecule has 4 nitrogen and oxygen atoms in total. The van der Waals surface area contributed by atoms with Gasteiger partial charge in [-0.1, -0.05) is 32.0 Å². The summed E-state index contributed by atoms with van der Waals surface area (Å²) in [7, 11) is 2.01. The molecule has 0 radical (unpaired) electrons. The van der Waals surface area contributed by atoms with Crippen molar-refractivity contribution in [3.63, 3.8) is 0 Å². The van der Waals surface area contributed by atoms with Gasteiger partial charge in [0.25, 0.3) is 0 Å². The molecule has 0 aliphatic heterocycles. The lowest BCUT2D eigenvalue weighted by molar-refractivity contribution is 0.177. The summed E-state index contributed by atoms with van der Waals surface area (Å²) in [5.74, 6) is 0.248. The van der Waals surface area contributed by atoms with Crippen LogP contribution in [0, 0.1) is 0 Å². The molecule has 1 aliphatic rings. The van der Waals surface area contributed by atoms with E-state index < -0.39 is 9.05 Å². The van der Waals surface area contributed by atoms with Gasteiger partial charge in [0.05, 0.1) is 5.75 Å². The number of fused-ring (bicyclic) bond motifs is 1. The van der Waals surface area contributed by atoms with E-state index in [9.17, 15) is 8.42 Å². The van der Waals surface area contributed by atoms with Gasteiger partial charge < -0.3 is 5.73 Å². The summed E-state index contributed by atoms with van der Waals surface area (Å²) >= 11 is 0. The van der Waals surface area contributed by atoms with E-state index in [1.165, 1.54) is 11.1 Å². The third-order valence-corrected chi connectivity index (χ3v) is 6.09. The molecule has 2 rings (SSSR count). The Morgan fingerprint density at radius 3 is 2.46 bits per heavy atom. The zero-order valence-corrected chi connectivity index (χ0v) is 16.2. The van der Waals surface area contributed by atoms with Crippen molar-refractivity contribution in [2.45, 2.75) is 58.0 Å². The van der Waals surface area contributed by atoms with Crippen LogP contribution in [0.4, 0.5) is 0 Å². The SMILES string of the molecule is CCCN(CCC)[C@@H]1Cc2cc(CN)ccc2[C@H]1CCS(=O)(=O)Cl. The normalized spacial score (nSPS) is 20.5. The van der Waals surface area contributed by atoms with E-state index in [2.05, 4.69) is 36.9 Å². The van der Waals surface area contributed by atoms with E-state index in [0.717, 1.165) is 37.9 Å². The molecular weight excluding hydrogens is 344 g/mol. The van der Waals surface area contributed by atoms with Gasteiger partial charge in [-0.2, -0.15) is 0 Å². The molecular formula is C18H29ClN2O2S. The Bertz CT molecular complexity index is 642. The summed E-state index contributed by atoms with van der Waals surface area (Å²) in [5.41, 5.74) is 9.50. The number of halogens is 1. The molecule has 0 unspecified atom stereocenters. The average Bonchev–Trinajstić information content (AvgIpc) is 2.89. The highest BCUT2D eigenvalue weighted by atomic mass is 35.7. The molecule has 0 heterocycles. The minimum Gasteiger partial charge on any atom is -0.326 e. The van der Waals surface area contributed by atoms with Gasteiger partial charge in [-0.3, -0.25) is 4.90 Å². The highest BCUT2D eigenvalue weighted by Crippen LogP contribution is 2.39. The highest BCUT2D eigenvalue weighted by molar-refractivity contribution is 8.13. The first-order valence-corrected chi connectivity index (χ1v) is 11.4. The number of nitrogens with zero attached hydrogens (tertiary/aromatic N) is 1. The third kappa shape index (κ3) is 4.94. The largest absolute Gasteiger partial charge is 0.326 e.